The highest BCUT2D eigenvalue weighted by atomic mass is 32.1. The fraction of sp³-hybridized carbons (Fsp3) is 0.417. The molecule has 1 aromatic carbocycles. The smallest absolute Gasteiger partial charge is 0.223 e. The molecule has 4 rings (SSSR count). The number of carbonyl (C=O) groups is 2. The van der Waals surface area contributed by atoms with Crippen LogP contribution < -0.4 is 5.32 Å². The van der Waals surface area contributed by atoms with Crippen molar-refractivity contribution in [3.8, 4) is 0 Å². The molecule has 1 N–H and O–H groups in total. The van der Waals surface area contributed by atoms with Gasteiger partial charge >= 0.3 is 0 Å². The van der Waals surface area contributed by atoms with Gasteiger partial charge in [-0.3, -0.25) is 9.59 Å². The van der Waals surface area contributed by atoms with Crippen LogP contribution in [0.5, 0.6) is 0 Å². The van der Waals surface area contributed by atoms with Crippen LogP contribution in [-0.4, -0.2) is 33.2 Å². The molecule has 0 spiro atoms. The summed E-state index contributed by atoms with van der Waals surface area (Å²) in [5.74, 6) is -0.0853. The van der Waals surface area contributed by atoms with E-state index >= 15 is 0 Å². The van der Waals surface area contributed by atoms with Crippen LogP contribution in [0.4, 0.5) is 0 Å². The number of hydrogen-bond donors (Lipinski definition) is 1. The van der Waals surface area contributed by atoms with Gasteiger partial charge in [0, 0.05) is 42.8 Å². The zero-order valence-electron chi connectivity index (χ0n) is 18.5. The normalized spacial score (nSPS) is 15.8. The maximum absolute atomic E-state index is 12.7. The molecule has 0 saturated carbocycles. The summed E-state index contributed by atoms with van der Waals surface area (Å²) in [6.45, 7) is 5.39. The lowest BCUT2D eigenvalue weighted by atomic mass is 9.99. The van der Waals surface area contributed by atoms with Crippen LogP contribution in [0.15, 0.2) is 35.2 Å². The number of thiazole rings is 2. The van der Waals surface area contributed by atoms with Gasteiger partial charge in [0.05, 0.1) is 18.3 Å². The van der Waals surface area contributed by atoms with E-state index in [-0.39, 0.29) is 30.7 Å². The molecule has 0 aliphatic carbocycles. The predicted octanol–water partition coefficient (Wildman–Crippen LogP) is 4.57. The number of aromatic nitrogens is 2. The minimum atomic E-state index is -0.116. The van der Waals surface area contributed by atoms with Crippen LogP contribution in [0.2, 0.25) is 0 Å². The van der Waals surface area contributed by atoms with Crippen molar-refractivity contribution in [2.24, 2.45) is 0 Å². The lowest BCUT2D eigenvalue weighted by molar-refractivity contribution is -0.134. The third kappa shape index (κ3) is 5.42. The van der Waals surface area contributed by atoms with Gasteiger partial charge in [0.15, 0.2) is 0 Å². The highest BCUT2D eigenvalue weighted by molar-refractivity contribution is 7.09. The topological polar surface area (TPSA) is 75.2 Å². The minimum absolute atomic E-state index is 0.0305. The summed E-state index contributed by atoms with van der Waals surface area (Å²) in [5.41, 5.74) is 4.87. The molecule has 0 radical (unpaired) electrons. The summed E-state index contributed by atoms with van der Waals surface area (Å²) < 4.78 is 0. The number of benzene rings is 1. The second-order valence-corrected chi connectivity index (χ2v) is 10.0. The summed E-state index contributed by atoms with van der Waals surface area (Å²) in [5, 5.41) is 8.78. The lowest BCUT2D eigenvalue weighted by Crippen LogP contribution is -2.32. The number of aryl methyl sites for hydroxylation is 2. The molecule has 6 nitrogen and oxygen atoms in total. The Kier molecular flexibility index (Phi) is 7.32. The van der Waals surface area contributed by atoms with E-state index in [1.807, 2.05) is 10.3 Å². The first-order chi connectivity index (χ1) is 15.5. The third-order valence-electron chi connectivity index (χ3n) is 5.91. The number of amides is 2. The van der Waals surface area contributed by atoms with E-state index in [9.17, 15) is 9.59 Å². The molecule has 0 bridgehead atoms. The number of nitrogens with zero attached hydrogens (tertiary/aromatic N) is 3. The largest absolute Gasteiger partial charge is 0.350 e. The van der Waals surface area contributed by atoms with E-state index in [1.54, 1.807) is 28.9 Å². The molecule has 1 saturated heterocycles. The highest BCUT2D eigenvalue weighted by Gasteiger charge is 2.31. The average Bonchev–Trinajstić information content (AvgIpc) is 3.54. The standard InChI is InChI=1S/C24H28N4O2S2/c1-16-5-3-6-17(2)19(16)13-18-15-32-22(27-18)14-26-21(29)8-9-23(30)28-11-4-7-20(28)24-25-10-12-31-24/h3,5-6,10,12,15,20H,4,7-9,11,13-14H2,1-2H3,(H,26,29). The fourth-order valence-electron chi connectivity index (χ4n) is 4.17. The molecule has 3 aromatic rings. The van der Waals surface area contributed by atoms with Gasteiger partial charge < -0.3 is 10.2 Å². The first-order valence-corrected chi connectivity index (χ1v) is 12.7. The molecule has 8 heteroatoms. The van der Waals surface area contributed by atoms with Crippen molar-refractivity contribution < 1.29 is 9.59 Å². The van der Waals surface area contributed by atoms with Crippen molar-refractivity contribution >= 4 is 34.5 Å². The van der Waals surface area contributed by atoms with Crippen LogP contribution in [0.25, 0.3) is 0 Å². The van der Waals surface area contributed by atoms with Gasteiger partial charge in [-0.25, -0.2) is 9.97 Å². The molecule has 1 unspecified atom stereocenters. The van der Waals surface area contributed by atoms with Crippen molar-refractivity contribution in [2.75, 3.05) is 6.54 Å². The summed E-state index contributed by atoms with van der Waals surface area (Å²) >= 11 is 3.14. The summed E-state index contributed by atoms with van der Waals surface area (Å²) in [7, 11) is 0. The molecular formula is C24H28N4O2S2. The molecule has 168 valence electrons. The van der Waals surface area contributed by atoms with Gasteiger partial charge in [-0.2, -0.15) is 0 Å². The van der Waals surface area contributed by atoms with E-state index in [2.05, 4.69) is 52.7 Å². The highest BCUT2D eigenvalue weighted by Crippen LogP contribution is 2.33. The first-order valence-electron chi connectivity index (χ1n) is 10.9. The quantitative estimate of drug-likeness (QED) is 0.526. The Morgan fingerprint density at radius 2 is 2.00 bits per heavy atom. The van der Waals surface area contributed by atoms with Crippen LogP contribution >= 0.6 is 22.7 Å². The van der Waals surface area contributed by atoms with Crippen LogP contribution in [0.1, 0.15) is 64.1 Å². The zero-order valence-corrected chi connectivity index (χ0v) is 20.1. The van der Waals surface area contributed by atoms with Crippen LogP contribution in [0.3, 0.4) is 0 Å². The summed E-state index contributed by atoms with van der Waals surface area (Å²) in [6.07, 6.45) is 4.93. The Morgan fingerprint density at radius 1 is 1.19 bits per heavy atom. The van der Waals surface area contributed by atoms with E-state index < -0.39 is 0 Å². The van der Waals surface area contributed by atoms with E-state index in [1.165, 1.54) is 16.7 Å². The van der Waals surface area contributed by atoms with Crippen LogP contribution in [0, 0.1) is 13.8 Å². The third-order valence-corrected chi connectivity index (χ3v) is 7.69. The van der Waals surface area contributed by atoms with Crippen molar-refractivity contribution in [1.82, 2.24) is 20.2 Å². The molecule has 2 aromatic heterocycles. The van der Waals surface area contributed by atoms with Gasteiger partial charge in [-0.05, 0) is 43.4 Å². The second-order valence-electron chi connectivity index (χ2n) is 8.17. The number of carbonyl (C=O) groups excluding carboxylic acids is 2. The average molecular weight is 469 g/mol. The molecule has 1 aliphatic heterocycles. The summed E-state index contributed by atoms with van der Waals surface area (Å²) in [4.78, 5) is 35.9. The number of nitrogens with one attached hydrogen (secondary N) is 1. The Morgan fingerprint density at radius 3 is 2.75 bits per heavy atom. The monoisotopic (exact) mass is 468 g/mol. The minimum Gasteiger partial charge on any atom is -0.350 e. The van der Waals surface area contributed by atoms with Gasteiger partial charge in [-0.1, -0.05) is 18.2 Å². The molecule has 1 atom stereocenters. The molecule has 2 amide bonds. The van der Waals surface area contributed by atoms with Crippen molar-refractivity contribution in [2.45, 2.75) is 58.5 Å². The van der Waals surface area contributed by atoms with Gasteiger partial charge in [-0.15, -0.1) is 22.7 Å². The van der Waals surface area contributed by atoms with Crippen molar-refractivity contribution in [1.29, 1.82) is 0 Å². The molecule has 1 fully saturated rings. The zero-order chi connectivity index (χ0) is 22.5. The van der Waals surface area contributed by atoms with Crippen LogP contribution in [-0.2, 0) is 22.6 Å². The van der Waals surface area contributed by atoms with Crippen molar-refractivity contribution in [3.05, 3.63) is 67.6 Å². The maximum atomic E-state index is 12.7. The Hall–Kier alpha value is -2.58. The maximum Gasteiger partial charge on any atom is 0.223 e. The number of rotatable bonds is 8. The van der Waals surface area contributed by atoms with E-state index in [0.29, 0.717) is 6.54 Å². The SMILES string of the molecule is Cc1cccc(C)c1Cc1csc(CNC(=O)CCC(=O)N2CCCC2c2nccs2)n1. The van der Waals surface area contributed by atoms with Gasteiger partial charge in [0.2, 0.25) is 11.8 Å². The Labute approximate surface area is 196 Å². The number of likely N-dealkylation sites (tertiary alicyclic amines) is 1. The number of hydrogen-bond acceptors (Lipinski definition) is 6. The fourth-order valence-corrected chi connectivity index (χ4v) is 5.69. The Balaban J connectivity index is 1.24. The molecular weight excluding hydrogens is 440 g/mol. The molecule has 1 aliphatic rings. The van der Waals surface area contributed by atoms with Gasteiger partial charge in [0.25, 0.3) is 0 Å². The van der Waals surface area contributed by atoms with E-state index in [4.69, 9.17) is 0 Å². The first kappa shape index (κ1) is 22.6. The van der Waals surface area contributed by atoms with E-state index in [0.717, 1.165) is 41.5 Å². The molecule has 32 heavy (non-hydrogen) atoms. The van der Waals surface area contributed by atoms with Crippen molar-refractivity contribution in [3.63, 3.8) is 0 Å². The lowest BCUT2D eigenvalue weighted by Gasteiger charge is -2.23. The predicted molar refractivity (Wildman–Crippen MR) is 128 cm³/mol. The Bertz CT molecular complexity index is 1060. The molecule has 3 heterocycles. The second kappa shape index (κ2) is 10.4. The van der Waals surface area contributed by atoms with Gasteiger partial charge in [0.1, 0.15) is 10.0 Å². The summed E-state index contributed by atoms with van der Waals surface area (Å²) in [6, 6.07) is 6.39.